The monoisotopic (exact) mass is 259 g/mol. The van der Waals surface area contributed by atoms with Crippen LogP contribution in [0, 0.1) is 11.3 Å². The van der Waals surface area contributed by atoms with Crippen molar-refractivity contribution in [3.63, 3.8) is 0 Å². The summed E-state index contributed by atoms with van der Waals surface area (Å²) in [4.78, 5) is 0. The molecule has 0 radical (unpaired) electrons. The highest BCUT2D eigenvalue weighted by Crippen LogP contribution is 2.21. The molecule has 0 amide bonds. The van der Waals surface area contributed by atoms with Crippen molar-refractivity contribution in [3.8, 4) is 11.8 Å². The lowest BCUT2D eigenvalue weighted by molar-refractivity contribution is 0.307. The van der Waals surface area contributed by atoms with Crippen molar-refractivity contribution in [1.82, 2.24) is 0 Å². The van der Waals surface area contributed by atoms with Gasteiger partial charge in [-0.05, 0) is 34.5 Å². The number of hydrogen-bond acceptors (Lipinski definition) is 2. The molecule has 0 spiro atoms. The van der Waals surface area contributed by atoms with E-state index in [1.807, 2.05) is 30.3 Å². The first-order chi connectivity index (χ1) is 9.86. The van der Waals surface area contributed by atoms with Crippen molar-refractivity contribution in [1.29, 1.82) is 5.26 Å². The molecule has 2 heteroatoms. The number of ether oxygens (including phenoxy) is 1. The van der Waals surface area contributed by atoms with Crippen molar-refractivity contribution in [2.45, 2.75) is 6.61 Å². The minimum atomic E-state index is 0.496. The van der Waals surface area contributed by atoms with E-state index in [1.54, 1.807) is 12.1 Å². The van der Waals surface area contributed by atoms with Crippen molar-refractivity contribution >= 4 is 10.8 Å². The third-order valence-electron chi connectivity index (χ3n) is 3.24. The van der Waals surface area contributed by atoms with Crippen molar-refractivity contribution in [3.05, 3.63) is 77.9 Å². The van der Waals surface area contributed by atoms with E-state index < -0.39 is 0 Å². The Morgan fingerprint density at radius 1 is 0.900 bits per heavy atom. The van der Waals surface area contributed by atoms with Crippen LogP contribution in [-0.4, -0.2) is 0 Å². The third kappa shape index (κ3) is 2.48. The lowest BCUT2D eigenvalue weighted by Crippen LogP contribution is -1.96. The zero-order valence-corrected chi connectivity index (χ0v) is 10.9. The van der Waals surface area contributed by atoms with Gasteiger partial charge in [0, 0.05) is 0 Å². The fourth-order valence-electron chi connectivity index (χ4n) is 2.23. The first kappa shape index (κ1) is 12.3. The van der Waals surface area contributed by atoms with Crippen LogP contribution in [0.5, 0.6) is 5.75 Å². The number of nitriles is 1. The van der Waals surface area contributed by atoms with Crippen LogP contribution in [0.4, 0.5) is 0 Å². The van der Waals surface area contributed by atoms with Gasteiger partial charge in [0.15, 0.2) is 0 Å². The molecule has 2 nitrogen and oxygen atoms in total. The standard InChI is InChI=1S/C18H13NO/c19-12-14-5-3-9-17(11-14)20-13-16-8-4-7-15-6-1-2-10-18(15)16/h1-11H,13H2. The van der Waals surface area contributed by atoms with Gasteiger partial charge in [-0.15, -0.1) is 0 Å². The predicted octanol–water partition coefficient (Wildman–Crippen LogP) is 4.29. The largest absolute Gasteiger partial charge is 0.489 e. The molecule has 96 valence electrons. The SMILES string of the molecule is N#Cc1cccc(OCc2cccc3ccccc23)c1. The Kier molecular flexibility index (Phi) is 3.34. The summed E-state index contributed by atoms with van der Waals surface area (Å²) in [5.41, 5.74) is 1.76. The summed E-state index contributed by atoms with van der Waals surface area (Å²) in [7, 11) is 0. The zero-order valence-electron chi connectivity index (χ0n) is 10.9. The van der Waals surface area contributed by atoms with Gasteiger partial charge in [0.2, 0.25) is 0 Å². The summed E-state index contributed by atoms with van der Waals surface area (Å²) in [5.74, 6) is 0.719. The summed E-state index contributed by atoms with van der Waals surface area (Å²) < 4.78 is 5.79. The Morgan fingerprint density at radius 3 is 2.60 bits per heavy atom. The molecule has 0 bridgehead atoms. The van der Waals surface area contributed by atoms with Crippen LogP contribution in [0.3, 0.4) is 0 Å². The number of rotatable bonds is 3. The van der Waals surface area contributed by atoms with Crippen LogP contribution in [0.2, 0.25) is 0 Å². The Morgan fingerprint density at radius 2 is 1.70 bits per heavy atom. The second-order valence-corrected chi connectivity index (χ2v) is 4.57. The highest BCUT2D eigenvalue weighted by Gasteiger charge is 2.02. The van der Waals surface area contributed by atoms with Crippen LogP contribution in [0.25, 0.3) is 10.8 Å². The lowest BCUT2D eigenvalue weighted by atomic mass is 10.1. The fourth-order valence-corrected chi connectivity index (χ4v) is 2.23. The molecular weight excluding hydrogens is 246 g/mol. The Balaban J connectivity index is 1.85. The molecule has 0 heterocycles. The zero-order chi connectivity index (χ0) is 13.8. The van der Waals surface area contributed by atoms with Crippen LogP contribution >= 0.6 is 0 Å². The minimum Gasteiger partial charge on any atom is -0.489 e. The average molecular weight is 259 g/mol. The molecule has 3 rings (SSSR count). The average Bonchev–Trinajstić information content (AvgIpc) is 2.53. The van der Waals surface area contributed by atoms with E-state index >= 15 is 0 Å². The predicted molar refractivity (Wildman–Crippen MR) is 79.4 cm³/mol. The van der Waals surface area contributed by atoms with E-state index in [4.69, 9.17) is 10.00 Å². The smallest absolute Gasteiger partial charge is 0.121 e. The maximum atomic E-state index is 8.88. The summed E-state index contributed by atoms with van der Waals surface area (Å²) in [6.07, 6.45) is 0. The molecule has 0 atom stereocenters. The molecule has 3 aromatic rings. The minimum absolute atomic E-state index is 0.496. The van der Waals surface area contributed by atoms with Gasteiger partial charge in [-0.3, -0.25) is 0 Å². The first-order valence-electron chi connectivity index (χ1n) is 6.46. The highest BCUT2D eigenvalue weighted by atomic mass is 16.5. The van der Waals surface area contributed by atoms with E-state index in [0.29, 0.717) is 12.2 Å². The maximum absolute atomic E-state index is 8.88. The van der Waals surface area contributed by atoms with Crippen LogP contribution < -0.4 is 4.74 Å². The van der Waals surface area contributed by atoms with Crippen molar-refractivity contribution < 1.29 is 4.74 Å². The summed E-state index contributed by atoms with van der Waals surface area (Å²) >= 11 is 0. The fraction of sp³-hybridized carbons (Fsp3) is 0.0556. The Labute approximate surface area is 117 Å². The van der Waals surface area contributed by atoms with Gasteiger partial charge in [-0.2, -0.15) is 5.26 Å². The summed E-state index contributed by atoms with van der Waals surface area (Å²) in [6, 6.07) is 23.8. The normalized spacial score (nSPS) is 10.2. The van der Waals surface area contributed by atoms with E-state index in [1.165, 1.54) is 10.8 Å². The molecule has 0 unspecified atom stereocenters. The van der Waals surface area contributed by atoms with E-state index in [-0.39, 0.29) is 0 Å². The van der Waals surface area contributed by atoms with E-state index in [0.717, 1.165) is 11.3 Å². The third-order valence-corrected chi connectivity index (χ3v) is 3.24. The van der Waals surface area contributed by atoms with Crippen molar-refractivity contribution in [2.24, 2.45) is 0 Å². The van der Waals surface area contributed by atoms with Crippen LogP contribution in [0.1, 0.15) is 11.1 Å². The van der Waals surface area contributed by atoms with Gasteiger partial charge in [-0.25, -0.2) is 0 Å². The van der Waals surface area contributed by atoms with Gasteiger partial charge < -0.3 is 4.74 Å². The maximum Gasteiger partial charge on any atom is 0.121 e. The molecule has 20 heavy (non-hydrogen) atoms. The number of hydrogen-bond donors (Lipinski definition) is 0. The van der Waals surface area contributed by atoms with Crippen LogP contribution in [-0.2, 0) is 6.61 Å². The molecule has 0 saturated carbocycles. The molecule has 0 saturated heterocycles. The molecule has 0 N–H and O–H groups in total. The summed E-state index contributed by atoms with van der Waals surface area (Å²) in [5, 5.41) is 11.3. The number of nitrogens with zero attached hydrogens (tertiary/aromatic N) is 1. The van der Waals surface area contributed by atoms with E-state index in [9.17, 15) is 0 Å². The highest BCUT2D eigenvalue weighted by molar-refractivity contribution is 5.85. The van der Waals surface area contributed by atoms with Gasteiger partial charge in [0.25, 0.3) is 0 Å². The van der Waals surface area contributed by atoms with Gasteiger partial charge in [0.1, 0.15) is 12.4 Å². The lowest BCUT2D eigenvalue weighted by Gasteiger charge is -2.09. The Bertz CT molecular complexity index is 781. The van der Waals surface area contributed by atoms with Gasteiger partial charge >= 0.3 is 0 Å². The second kappa shape index (κ2) is 5.46. The number of benzene rings is 3. The van der Waals surface area contributed by atoms with Crippen molar-refractivity contribution in [2.75, 3.05) is 0 Å². The molecule has 3 aromatic carbocycles. The first-order valence-corrected chi connectivity index (χ1v) is 6.46. The molecule has 0 aliphatic heterocycles. The molecular formula is C18H13NO. The Hall–Kier alpha value is -2.79. The molecule has 0 aliphatic carbocycles. The molecule has 0 fully saturated rings. The quantitative estimate of drug-likeness (QED) is 0.703. The van der Waals surface area contributed by atoms with Gasteiger partial charge in [0.05, 0.1) is 11.6 Å². The summed E-state index contributed by atoms with van der Waals surface area (Å²) in [6.45, 7) is 0.496. The molecule has 0 aliphatic rings. The van der Waals surface area contributed by atoms with Gasteiger partial charge in [-0.1, -0.05) is 48.5 Å². The topological polar surface area (TPSA) is 33.0 Å². The van der Waals surface area contributed by atoms with Crippen LogP contribution in [0.15, 0.2) is 66.7 Å². The second-order valence-electron chi connectivity index (χ2n) is 4.57. The van der Waals surface area contributed by atoms with E-state index in [2.05, 4.69) is 30.3 Å². The molecule has 0 aromatic heterocycles. The number of fused-ring (bicyclic) bond motifs is 1.